The van der Waals surface area contributed by atoms with Crippen LogP contribution < -0.4 is 14.8 Å². The number of aliphatic hydroxyl groups is 2. The van der Waals surface area contributed by atoms with Crippen molar-refractivity contribution in [2.24, 2.45) is 5.92 Å². The topological polar surface area (TPSA) is 108 Å². The van der Waals surface area contributed by atoms with Gasteiger partial charge in [-0.25, -0.2) is 21.6 Å². The highest BCUT2D eigenvalue weighted by Gasteiger charge is 2.55. The van der Waals surface area contributed by atoms with E-state index in [1.54, 1.807) is 0 Å². The number of aliphatic hydroxyl groups excluding tert-OH is 2. The molecule has 0 bridgehead atoms. The molecule has 0 atom stereocenters. The van der Waals surface area contributed by atoms with E-state index >= 15 is 0 Å². The second-order valence-corrected chi connectivity index (χ2v) is 10.9. The predicted molar refractivity (Wildman–Crippen MR) is 122 cm³/mol. The molecule has 32 heavy (non-hydrogen) atoms. The molecule has 0 radical (unpaired) electrons. The molecule has 3 rings (SSSR count). The van der Waals surface area contributed by atoms with Crippen LogP contribution in [0, 0.1) is 26.9 Å². The van der Waals surface area contributed by atoms with Crippen LogP contribution >= 0.6 is 22.6 Å². The highest BCUT2D eigenvalue weighted by Crippen LogP contribution is 2.50. The van der Waals surface area contributed by atoms with Gasteiger partial charge >= 0.3 is 0 Å². The Labute approximate surface area is 197 Å². The van der Waals surface area contributed by atoms with Crippen LogP contribution in [0.4, 0.5) is 30.2 Å². The molecular weight excluding hydrogens is 564 g/mol. The molecule has 0 aliphatic heterocycles. The lowest BCUT2D eigenvalue weighted by Gasteiger charge is -2.24. The van der Waals surface area contributed by atoms with Crippen molar-refractivity contribution in [2.45, 2.75) is 24.0 Å². The number of nitrogens with one attached hydrogen (secondary N) is 2. The van der Waals surface area contributed by atoms with Gasteiger partial charge in [-0.1, -0.05) is 0 Å². The normalized spacial score (nSPS) is 15.0. The van der Waals surface area contributed by atoms with Gasteiger partial charge in [0.15, 0.2) is 11.6 Å². The third-order valence-corrected chi connectivity index (χ3v) is 8.24. The average Bonchev–Trinajstić information content (AvgIpc) is 3.54. The smallest absolute Gasteiger partial charge is 0.238 e. The van der Waals surface area contributed by atoms with E-state index in [2.05, 4.69) is 10.0 Å². The molecule has 1 aliphatic rings. The second-order valence-electron chi connectivity index (χ2n) is 7.60. The van der Waals surface area contributed by atoms with E-state index < -0.39 is 62.7 Å². The minimum atomic E-state index is -4.19. The highest BCUT2D eigenvalue weighted by atomic mass is 127. The summed E-state index contributed by atoms with van der Waals surface area (Å²) in [5.41, 5.74) is -1.25. The first kappa shape index (κ1) is 24.9. The van der Waals surface area contributed by atoms with E-state index in [4.69, 9.17) is 4.74 Å². The number of halogens is 4. The number of hydrogen-bond acceptors (Lipinski definition) is 6. The molecular formula is C20H22F3IN2O5S. The Morgan fingerprint density at radius 3 is 2.31 bits per heavy atom. The van der Waals surface area contributed by atoms with Gasteiger partial charge in [-0.15, -0.1) is 0 Å². The Bertz CT molecular complexity index is 1110. The average molecular weight is 586 g/mol. The first-order chi connectivity index (χ1) is 15.1. The zero-order valence-corrected chi connectivity index (χ0v) is 19.9. The highest BCUT2D eigenvalue weighted by molar-refractivity contribution is 14.1. The summed E-state index contributed by atoms with van der Waals surface area (Å²) in [5, 5.41) is 21.1. The van der Waals surface area contributed by atoms with E-state index in [9.17, 15) is 31.8 Å². The van der Waals surface area contributed by atoms with Crippen molar-refractivity contribution >= 4 is 49.7 Å². The molecule has 1 aliphatic carbocycles. The first-order valence-electron chi connectivity index (χ1n) is 9.59. The van der Waals surface area contributed by atoms with Crippen LogP contribution in [-0.4, -0.2) is 43.7 Å². The summed E-state index contributed by atoms with van der Waals surface area (Å²) >= 11 is 1.88. The van der Waals surface area contributed by atoms with E-state index in [-0.39, 0.29) is 30.7 Å². The van der Waals surface area contributed by atoms with E-state index in [0.29, 0.717) is 9.64 Å². The number of ether oxygens (including phenoxy) is 1. The number of methoxy groups -OCH3 is 1. The standard InChI is InChI=1S/C20H22F3IN2O5S/c1-31-16-7-14(22)17(23)19(25-15-3-2-12(24)6-13(15)21)18(16)26-32(29,30)20(4-5-20)8-11(9-27)10-28/h2-3,6-7,11,25-28H,4-5,8-10H2,1H3. The zero-order valence-electron chi connectivity index (χ0n) is 17.0. The van der Waals surface area contributed by atoms with Crippen LogP contribution in [0.25, 0.3) is 0 Å². The molecule has 1 fully saturated rings. The Morgan fingerprint density at radius 1 is 1.12 bits per heavy atom. The molecule has 4 N–H and O–H groups in total. The van der Waals surface area contributed by atoms with Crippen molar-refractivity contribution in [3.05, 3.63) is 45.3 Å². The molecule has 0 heterocycles. The van der Waals surface area contributed by atoms with Gasteiger partial charge in [0.25, 0.3) is 0 Å². The van der Waals surface area contributed by atoms with Crippen molar-refractivity contribution in [2.75, 3.05) is 30.4 Å². The molecule has 2 aromatic carbocycles. The van der Waals surface area contributed by atoms with Gasteiger partial charge in [-0.05, 0) is 60.1 Å². The van der Waals surface area contributed by atoms with Crippen molar-refractivity contribution in [3.8, 4) is 5.75 Å². The third kappa shape index (κ3) is 4.92. The number of hydrogen-bond donors (Lipinski definition) is 4. The molecule has 0 unspecified atom stereocenters. The van der Waals surface area contributed by atoms with Crippen LogP contribution in [-0.2, 0) is 10.0 Å². The van der Waals surface area contributed by atoms with E-state index in [0.717, 1.165) is 7.11 Å². The fourth-order valence-corrected chi connectivity index (χ4v) is 5.62. The maximum atomic E-state index is 14.8. The number of anilines is 3. The zero-order chi connectivity index (χ0) is 23.7. The number of rotatable bonds is 10. The summed E-state index contributed by atoms with van der Waals surface area (Å²) in [5.74, 6) is -4.45. The predicted octanol–water partition coefficient (Wildman–Crippen LogP) is 3.73. The Balaban J connectivity index is 2.04. The molecule has 0 saturated heterocycles. The van der Waals surface area contributed by atoms with Gasteiger partial charge in [-0.2, -0.15) is 0 Å². The van der Waals surface area contributed by atoms with Gasteiger partial charge in [-0.3, -0.25) is 4.72 Å². The van der Waals surface area contributed by atoms with Crippen LogP contribution in [0.1, 0.15) is 19.3 Å². The van der Waals surface area contributed by atoms with Crippen LogP contribution in [0.5, 0.6) is 5.75 Å². The molecule has 2 aromatic rings. The molecule has 12 heteroatoms. The summed E-state index contributed by atoms with van der Waals surface area (Å²) in [6, 6.07) is 4.70. The number of benzene rings is 2. The van der Waals surface area contributed by atoms with Crippen molar-refractivity contribution in [1.29, 1.82) is 0 Å². The first-order valence-corrected chi connectivity index (χ1v) is 12.2. The van der Waals surface area contributed by atoms with Crippen molar-refractivity contribution in [3.63, 3.8) is 0 Å². The van der Waals surface area contributed by atoms with Crippen LogP contribution in [0.15, 0.2) is 24.3 Å². The molecule has 7 nitrogen and oxygen atoms in total. The molecule has 1 saturated carbocycles. The Morgan fingerprint density at radius 2 is 1.78 bits per heavy atom. The fraction of sp³-hybridized carbons (Fsp3) is 0.400. The van der Waals surface area contributed by atoms with E-state index in [1.165, 1.54) is 18.2 Å². The molecule has 0 amide bonds. The van der Waals surface area contributed by atoms with Crippen molar-refractivity contribution in [1.82, 2.24) is 0 Å². The Kier molecular flexibility index (Phi) is 7.47. The summed E-state index contributed by atoms with van der Waals surface area (Å²) < 4.78 is 76.3. The van der Waals surface area contributed by atoms with Gasteiger partial charge < -0.3 is 20.3 Å². The fourth-order valence-electron chi connectivity index (χ4n) is 3.39. The summed E-state index contributed by atoms with van der Waals surface area (Å²) in [7, 11) is -3.03. The third-order valence-electron chi connectivity index (χ3n) is 5.39. The minimum absolute atomic E-state index is 0.0180. The minimum Gasteiger partial charge on any atom is -0.494 e. The second kappa shape index (κ2) is 9.61. The quantitative estimate of drug-likeness (QED) is 0.317. The largest absolute Gasteiger partial charge is 0.494 e. The van der Waals surface area contributed by atoms with Gasteiger partial charge in [0, 0.05) is 28.8 Å². The van der Waals surface area contributed by atoms with E-state index in [1.807, 2.05) is 22.6 Å². The maximum absolute atomic E-state index is 14.8. The lowest BCUT2D eigenvalue weighted by atomic mass is 10.0. The number of sulfonamides is 1. The Hall–Kier alpha value is -1.77. The summed E-state index contributed by atoms with van der Waals surface area (Å²) in [6.45, 7) is -0.803. The van der Waals surface area contributed by atoms with Crippen LogP contribution in [0.2, 0.25) is 0 Å². The lowest BCUT2D eigenvalue weighted by molar-refractivity contribution is 0.141. The van der Waals surface area contributed by atoms with Gasteiger partial charge in [0.05, 0.1) is 17.5 Å². The monoisotopic (exact) mass is 586 g/mol. The SMILES string of the molecule is COc1cc(F)c(F)c(Nc2ccc(I)cc2F)c1NS(=O)(=O)C1(CC(CO)CO)CC1. The summed E-state index contributed by atoms with van der Waals surface area (Å²) in [6.07, 6.45) is 0.508. The molecule has 0 aromatic heterocycles. The molecule has 0 spiro atoms. The maximum Gasteiger partial charge on any atom is 0.238 e. The van der Waals surface area contributed by atoms with Crippen LogP contribution in [0.3, 0.4) is 0 Å². The lowest BCUT2D eigenvalue weighted by Crippen LogP contribution is -2.34. The summed E-state index contributed by atoms with van der Waals surface area (Å²) in [4.78, 5) is 0. The molecule has 176 valence electrons. The van der Waals surface area contributed by atoms with Gasteiger partial charge in [0.2, 0.25) is 10.0 Å². The van der Waals surface area contributed by atoms with Crippen molar-refractivity contribution < 1.29 is 36.5 Å². The van der Waals surface area contributed by atoms with Gasteiger partial charge in [0.1, 0.15) is 22.9 Å².